The van der Waals surface area contributed by atoms with Gasteiger partial charge in [-0.15, -0.1) is 0 Å². The van der Waals surface area contributed by atoms with Crippen LogP contribution in [0.2, 0.25) is 0 Å². The number of aromatic nitrogens is 2. The van der Waals surface area contributed by atoms with Crippen LogP contribution in [0.3, 0.4) is 0 Å². The van der Waals surface area contributed by atoms with Crippen LogP contribution in [0.4, 0.5) is 11.5 Å². The summed E-state index contributed by atoms with van der Waals surface area (Å²) in [5.41, 5.74) is 4.54. The van der Waals surface area contributed by atoms with Crippen molar-refractivity contribution in [1.29, 1.82) is 0 Å². The molecule has 1 aliphatic rings. The van der Waals surface area contributed by atoms with Gasteiger partial charge in [-0.2, -0.15) is 5.10 Å². The van der Waals surface area contributed by atoms with Gasteiger partial charge in [-0.25, -0.2) is 4.79 Å². The third kappa shape index (κ3) is 2.15. The molecule has 2 aromatic heterocycles. The first-order valence-electron chi connectivity index (χ1n) is 8.26. The van der Waals surface area contributed by atoms with E-state index >= 15 is 0 Å². The quantitative estimate of drug-likeness (QED) is 0.390. The highest BCUT2D eigenvalue weighted by Gasteiger charge is 2.35. The van der Waals surface area contributed by atoms with Gasteiger partial charge < -0.3 is 9.73 Å². The Bertz CT molecular complexity index is 1210. The lowest BCUT2D eigenvalue weighted by atomic mass is 9.82. The molecule has 6 heteroatoms. The highest BCUT2D eigenvalue weighted by molar-refractivity contribution is 9.10. The van der Waals surface area contributed by atoms with Crippen LogP contribution in [0.1, 0.15) is 28.3 Å². The number of hydrogen-bond donors (Lipinski definition) is 2. The number of aromatic amines is 1. The van der Waals surface area contributed by atoms with E-state index in [1.165, 1.54) is 0 Å². The molecule has 0 radical (unpaired) electrons. The average Bonchev–Trinajstić information content (AvgIpc) is 3.02. The van der Waals surface area contributed by atoms with Crippen molar-refractivity contribution in [3.63, 3.8) is 0 Å². The van der Waals surface area contributed by atoms with Crippen LogP contribution in [0.5, 0.6) is 0 Å². The maximum atomic E-state index is 12.9. The molecule has 0 spiro atoms. The summed E-state index contributed by atoms with van der Waals surface area (Å²) in [5.74, 6) is 0.507. The fourth-order valence-corrected chi connectivity index (χ4v) is 3.96. The number of halogens is 1. The van der Waals surface area contributed by atoms with Crippen molar-refractivity contribution in [3.05, 3.63) is 85.8 Å². The Morgan fingerprint density at radius 2 is 1.85 bits per heavy atom. The normalized spacial score (nSPS) is 15.4. The van der Waals surface area contributed by atoms with Crippen LogP contribution in [-0.2, 0) is 0 Å². The van der Waals surface area contributed by atoms with Gasteiger partial charge in [-0.3, -0.25) is 5.10 Å². The van der Waals surface area contributed by atoms with Crippen LogP contribution in [-0.4, -0.2) is 10.2 Å². The molecule has 1 atom stereocenters. The summed E-state index contributed by atoms with van der Waals surface area (Å²) in [5, 5.41) is 11.7. The largest absolute Gasteiger partial charge is 0.422 e. The van der Waals surface area contributed by atoms with E-state index in [9.17, 15) is 4.79 Å². The number of hydrogen-bond acceptors (Lipinski definition) is 4. The molecule has 1 aliphatic heterocycles. The zero-order chi connectivity index (χ0) is 17.8. The molecule has 0 aliphatic carbocycles. The van der Waals surface area contributed by atoms with E-state index in [0.29, 0.717) is 11.1 Å². The monoisotopic (exact) mass is 407 g/mol. The van der Waals surface area contributed by atoms with Crippen LogP contribution in [0.25, 0.3) is 11.0 Å². The number of anilines is 2. The molecule has 0 bridgehead atoms. The zero-order valence-electron chi connectivity index (χ0n) is 13.8. The van der Waals surface area contributed by atoms with Gasteiger partial charge in [0.1, 0.15) is 5.58 Å². The lowest BCUT2D eigenvalue weighted by Gasteiger charge is -2.26. The van der Waals surface area contributed by atoms with Crippen molar-refractivity contribution in [2.24, 2.45) is 0 Å². The third-order valence-electron chi connectivity index (χ3n) is 4.87. The van der Waals surface area contributed by atoms with Gasteiger partial charge in [0.2, 0.25) is 0 Å². The molecule has 0 saturated carbocycles. The van der Waals surface area contributed by atoms with Gasteiger partial charge in [0.15, 0.2) is 5.82 Å². The fraction of sp³-hybridized carbons (Fsp3) is 0.100. The molecule has 4 aromatic rings. The first kappa shape index (κ1) is 15.4. The Hall–Kier alpha value is -2.86. The molecule has 3 heterocycles. The third-order valence-corrected chi connectivity index (χ3v) is 5.40. The Morgan fingerprint density at radius 1 is 1.08 bits per heavy atom. The number of fused-ring (bicyclic) bond motifs is 4. The fourth-order valence-electron chi connectivity index (χ4n) is 3.70. The van der Waals surface area contributed by atoms with E-state index in [0.717, 1.165) is 38.2 Å². The summed E-state index contributed by atoms with van der Waals surface area (Å²) in [6, 6.07) is 15.6. The maximum absolute atomic E-state index is 12.9. The number of rotatable bonds is 1. The number of nitrogens with zero attached hydrogens (tertiary/aromatic N) is 1. The first-order valence-corrected chi connectivity index (χ1v) is 9.06. The minimum Gasteiger partial charge on any atom is -0.422 e. The summed E-state index contributed by atoms with van der Waals surface area (Å²) in [7, 11) is 0. The molecular formula is C20H14BrN3O2. The molecule has 0 amide bonds. The molecular weight excluding hydrogens is 394 g/mol. The second-order valence-corrected chi connectivity index (χ2v) is 7.31. The Labute approximate surface area is 157 Å². The number of nitrogens with one attached hydrogen (secondary N) is 2. The van der Waals surface area contributed by atoms with Gasteiger partial charge in [0.05, 0.1) is 11.3 Å². The molecule has 5 nitrogen and oxygen atoms in total. The van der Waals surface area contributed by atoms with Crippen molar-refractivity contribution >= 4 is 38.4 Å². The molecule has 0 fully saturated rings. The highest BCUT2D eigenvalue weighted by Crippen LogP contribution is 2.46. The number of benzene rings is 2. The standard InChI is InChI=1S/C20H14BrN3O2/c1-10-15-16(11-6-8-12(21)9-7-11)17-18(22-19(15)24-23-10)13-4-2-3-5-14(13)26-20(17)25/h2-9,16H,1H3,(H2,22,23,24). The van der Waals surface area contributed by atoms with Crippen molar-refractivity contribution < 1.29 is 4.42 Å². The van der Waals surface area contributed by atoms with Crippen LogP contribution in [0, 0.1) is 6.92 Å². The minimum atomic E-state index is -0.328. The van der Waals surface area contributed by atoms with Crippen LogP contribution < -0.4 is 10.9 Å². The molecule has 0 saturated heterocycles. The van der Waals surface area contributed by atoms with E-state index in [1.807, 2.05) is 49.4 Å². The van der Waals surface area contributed by atoms with Gasteiger partial charge in [0, 0.05) is 27.0 Å². The van der Waals surface area contributed by atoms with Gasteiger partial charge in [0.25, 0.3) is 0 Å². The summed E-state index contributed by atoms with van der Waals surface area (Å²) in [6.45, 7) is 1.97. The van der Waals surface area contributed by atoms with Gasteiger partial charge in [-0.05, 0) is 36.8 Å². The van der Waals surface area contributed by atoms with E-state index < -0.39 is 0 Å². The van der Waals surface area contributed by atoms with Crippen LogP contribution in [0.15, 0.2) is 62.2 Å². The zero-order valence-corrected chi connectivity index (χ0v) is 15.4. The highest BCUT2D eigenvalue weighted by atomic mass is 79.9. The first-order chi connectivity index (χ1) is 12.6. The second-order valence-electron chi connectivity index (χ2n) is 6.39. The van der Waals surface area contributed by atoms with Gasteiger partial charge >= 0.3 is 5.63 Å². The van der Waals surface area contributed by atoms with Crippen molar-refractivity contribution in [2.45, 2.75) is 12.8 Å². The predicted molar refractivity (Wildman–Crippen MR) is 104 cm³/mol. The predicted octanol–water partition coefficient (Wildman–Crippen LogP) is 4.82. The maximum Gasteiger partial charge on any atom is 0.342 e. The molecule has 5 rings (SSSR count). The average molecular weight is 408 g/mol. The van der Waals surface area contributed by atoms with E-state index in [-0.39, 0.29) is 11.5 Å². The second kappa shape index (κ2) is 5.57. The molecule has 2 aromatic carbocycles. The SMILES string of the molecule is Cc1[nH]nc2c1C(c1ccc(Br)cc1)c1c(c3ccccc3oc1=O)N2. The molecule has 128 valence electrons. The summed E-state index contributed by atoms with van der Waals surface area (Å²) in [6.07, 6.45) is 0. The molecule has 1 unspecified atom stereocenters. The van der Waals surface area contributed by atoms with Crippen molar-refractivity contribution in [3.8, 4) is 0 Å². The number of aryl methyl sites for hydroxylation is 1. The number of para-hydroxylation sites is 1. The van der Waals surface area contributed by atoms with E-state index in [2.05, 4.69) is 31.4 Å². The van der Waals surface area contributed by atoms with E-state index in [1.54, 1.807) is 6.07 Å². The Kier molecular flexibility index (Phi) is 3.30. The lowest BCUT2D eigenvalue weighted by Crippen LogP contribution is -2.22. The summed E-state index contributed by atoms with van der Waals surface area (Å²) < 4.78 is 6.62. The summed E-state index contributed by atoms with van der Waals surface area (Å²) in [4.78, 5) is 12.9. The van der Waals surface area contributed by atoms with Crippen LogP contribution >= 0.6 is 15.9 Å². The van der Waals surface area contributed by atoms with Crippen molar-refractivity contribution in [2.75, 3.05) is 5.32 Å². The summed E-state index contributed by atoms with van der Waals surface area (Å²) >= 11 is 3.48. The van der Waals surface area contributed by atoms with Gasteiger partial charge in [-0.1, -0.05) is 40.2 Å². The molecule has 26 heavy (non-hydrogen) atoms. The lowest BCUT2D eigenvalue weighted by molar-refractivity contribution is 0.548. The minimum absolute atomic E-state index is 0.242. The number of H-pyrrole nitrogens is 1. The topological polar surface area (TPSA) is 70.9 Å². The van der Waals surface area contributed by atoms with Crippen molar-refractivity contribution in [1.82, 2.24) is 10.2 Å². The Balaban J connectivity index is 1.88. The Morgan fingerprint density at radius 3 is 2.65 bits per heavy atom. The smallest absolute Gasteiger partial charge is 0.342 e. The molecule has 2 N–H and O–H groups in total. The van der Waals surface area contributed by atoms with E-state index in [4.69, 9.17) is 4.42 Å².